The number of carbonyl (C=O) groups is 2. The summed E-state index contributed by atoms with van der Waals surface area (Å²) in [6.45, 7) is 4.72. The molecule has 0 aliphatic carbocycles. The molecule has 0 radical (unpaired) electrons. The first-order chi connectivity index (χ1) is 10.0. The normalized spacial score (nSPS) is 13.1. The SMILES string of the molecule is CC[NH+](CC(=O)Nc1ccc(OC)cc1)[C@H](C)C(=O)NC. The molecular formula is C15H24N3O3+. The number of benzene rings is 1. The van der Waals surface area contributed by atoms with Crippen LogP contribution in [-0.4, -0.2) is 45.1 Å². The van der Waals surface area contributed by atoms with E-state index in [1.54, 1.807) is 38.4 Å². The Kier molecular flexibility index (Phi) is 6.68. The number of hydrogen-bond donors (Lipinski definition) is 3. The summed E-state index contributed by atoms with van der Waals surface area (Å²) < 4.78 is 5.07. The third-order valence-corrected chi connectivity index (χ3v) is 3.47. The van der Waals surface area contributed by atoms with Crippen LogP contribution in [0.15, 0.2) is 24.3 Å². The van der Waals surface area contributed by atoms with Gasteiger partial charge in [0.2, 0.25) is 0 Å². The van der Waals surface area contributed by atoms with Gasteiger partial charge in [0.05, 0.1) is 13.7 Å². The molecule has 2 atom stereocenters. The summed E-state index contributed by atoms with van der Waals surface area (Å²) in [7, 11) is 3.19. The molecule has 3 N–H and O–H groups in total. The van der Waals surface area contributed by atoms with Gasteiger partial charge in [0.15, 0.2) is 12.6 Å². The third-order valence-electron chi connectivity index (χ3n) is 3.47. The predicted molar refractivity (Wildman–Crippen MR) is 81.5 cm³/mol. The maximum atomic E-state index is 12.1. The molecule has 0 aromatic heterocycles. The van der Waals surface area contributed by atoms with Crippen LogP contribution in [0, 0.1) is 0 Å². The van der Waals surface area contributed by atoms with Crippen LogP contribution >= 0.6 is 0 Å². The molecular weight excluding hydrogens is 270 g/mol. The smallest absolute Gasteiger partial charge is 0.279 e. The fourth-order valence-corrected chi connectivity index (χ4v) is 2.07. The number of quaternary nitrogens is 1. The highest BCUT2D eigenvalue weighted by Crippen LogP contribution is 2.14. The number of likely N-dealkylation sites (N-methyl/N-ethyl adjacent to an activating group) is 2. The molecule has 6 heteroatoms. The van der Waals surface area contributed by atoms with Crippen LogP contribution in [0.5, 0.6) is 5.75 Å². The summed E-state index contributed by atoms with van der Waals surface area (Å²) in [6.07, 6.45) is 0. The van der Waals surface area contributed by atoms with Gasteiger partial charge < -0.3 is 20.3 Å². The predicted octanol–water partition coefficient (Wildman–Crippen LogP) is -0.327. The molecule has 1 rings (SSSR count). The van der Waals surface area contributed by atoms with Gasteiger partial charge in [-0.1, -0.05) is 0 Å². The van der Waals surface area contributed by atoms with E-state index in [1.807, 2.05) is 13.8 Å². The van der Waals surface area contributed by atoms with Crippen molar-refractivity contribution in [3.63, 3.8) is 0 Å². The Labute approximate surface area is 125 Å². The summed E-state index contributed by atoms with van der Waals surface area (Å²) in [5.41, 5.74) is 0.712. The number of amides is 2. The molecule has 0 bridgehead atoms. The molecule has 116 valence electrons. The lowest BCUT2D eigenvalue weighted by Gasteiger charge is -2.22. The largest absolute Gasteiger partial charge is 0.497 e. The average Bonchev–Trinajstić information content (AvgIpc) is 2.51. The third kappa shape index (κ3) is 5.07. The minimum absolute atomic E-state index is 0.0657. The molecule has 2 amide bonds. The molecule has 0 aliphatic heterocycles. The van der Waals surface area contributed by atoms with Crippen molar-refractivity contribution in [1.82, 2.24) is 5.32 Å². The number of hydrogen-bond acceptors (Lipinski definition) is 3. The second-order valence-electron chi connectivity index (χ2n) is 4.80. The summed E-state index contributed by atoms with van der Waals surface area (Å²) in [4.78, 5) is 24.6. The van der Waals surface area contributed by atoms with Crippen LogP contribution in [-0.2, 0) is 9.59 Å². The van der Waals surface area contributed by atoms with Crippen molar-refractivity contribution in [3.8, 4) is 5.75 Å². The van der Waals surface area contributed by atoms with E-state index in [0.29, 0.717) is 12.2 Å². The minimum Gasteiger partial charge on any atom is -0.497 e. The van der Waals surface area contributed by atoms with Gasteiger partial charge in [0.1, 0.15) is 5.75 Å². The Bertz CT molecular complexity index is 474. The maximum absolute atomic E-state index is 12.1. The molecule has 0 saturated heterocycles. The van der Waals surface area contributed by atoms with E-state index >= 15 is 0 Å². The van der Waals surface area contributed by atoms with Crippen LogP contribution in [0.3, 0.4) is 0 Å². The molecule has 1 aromatic rings. The first kappa shape index (κ1) is 17.0. The van der Waals surface area contributed by atoms with Crippen molar-refractivity contribution >= 4 is 17.5 Å². The summed E-state index contributed by atoms with van der Waals surface area (Å²) in [6, 6.07) is 6.87. The number of anilines is 1. The number of ether oxygens (including phenoxy) is 1. The highest BCUT2D eigenvalue weighted by molar-refractivity contribution is 5.91. The van der Waals surface area contributed by atoms with E-state index in [4.69, 9.17) is 4.74 Å². The summed E-state index contributed by atoms with van der Waals surface area (Å²) in [5.74, 6) is 0.555. The number of rotatable bonds is 7. The zero-order valence-electron chi connectivity index (χ0n) is 13.0. The Morgan fingerprint density at radius 1 is 1.29 bits per heavy atom. The van der Waals surface area contributed by atoms with Crippen molar-refractivity contribution in [3.05, 3.63) is 24.3 Å². The molecule has 1 unspecified atom stereocenters. The van der Waals surface area contributed by atoms with Crippen molar-refractivity contribution in [2.24, 2.45) is 0 Å². The van der Waals surface area contributed by atoms with Gasteiger partial charge in [-0.25, -0.2) is 0 Å². The van der Waals surface area contributed by atoms with E-state index in [2.05, 4.69) is 10.6 Å². The van der Waals surface area contributed by atoms with Crippen LogP contribution in [0.1, 0.15) is 13.8 Å². The Hall–Kier alpha value is -2.08. The van der Waals surface area contributed by atoms with Gasteiger partial charge in [-0.05, 0) is 38.1 Å². The second kappa shape index (κ2) is 8.26. The quantitative estimate of drug-likeness (QED) is 0.645. The van der Waals surface area contributed by atoms with Crippen molar-refractivity contribution < 1.29 is 19.2 Å². The monoisotopic (exact) mass is 294 g/mol. The number of methoxy groups -OCH3 is 1. The van der Waals surface area contributed by atoms with E-state index in [9.17, 15) is 9.59 Å². The number of nitrogens with one attached hydrogen (secondary N) is 3. The Balaban J connectivity index is 2.59. The zero-order chi connectivity index (χ0) is 15.8. The van der Waals surface area contributed by atoms with E-state index in [-0.39, 0.29) is 24.4 Å². The number of carbonyl (C=O) groups excluding carboxylic acids is 2. The standard InChI is InChI=1S/C15H23N3O3/c1-5-18(11(2)15(20)16-3)10-14(19)17-12-6-8-13(21-4)9-7-12/h6-9,11H,5,10H2,1-4H3,(H,16,20)(H,17,19)/p+1/t11-/m1/s1. The van der Waals surface area contributed by atoms with Crippen LogP contribution in [0.25, 0.3) is 0 Å². The van der Waals surface area contributed by atoms with Gasteiger partial charge in [-0.3, -0.25) is 9.59 Å². The Morgan fingerprint density at radius 2 is 1.90 bits per heavy atom. The minimum atomic E-state index is -0.262. The van der Waals surface area contributed by atoms with Crippen LogP contribution in [0.4, 0.5) is 5.69 Å². The second-order valence-corrected chi connectivity index (χ2v) is 4.80. The van der Waals surface area contributed by atoms with Gasteiger partial charge in [-0.15, -0.1) is 0 Å². The van der Waals surface area contributed by atoms with Gasteiger partial charge in [0.25, 0.3) is 11.8 Å². The molecule has 0 saturated carbocycles. The molecule has 0 spiro atoms. The lowest BCUT2D eigenvalue weighted by Crippen LogP contribution is -3.17. The topological polar surface area (TPSA) is 71.9 Å². The van der Waals surface area contributed by atoms with Gasteiger partial charge in [0, 0.05) is 12.7 Å². The van der Waals surface area contributed by atoms with Crippen molar-refractivity contribution in [1.29, 1.82) is 0 Å². The first-order valence-corrected chi connectivity index (χ1v) is 7.01. The zero-order valence-corrected chi connectivity index (χ0v) is 13.0. The summed E-state index contributed by atoms with van der Waals surface area (Å²) >= 11 is 0. The van der Waals surface area contributed by atoms with Crippen LogP contribution in [0.2, 0.25) is 0 Å². The van der Waals surface area contributed by atoms with E-state index in [0.717, 1.165) is 10.6 Å². The maximum Gasteiger partial charge on any atom is 0.279 e. The molecule has 0 aliphatic rings. The molecule has 21 heavy (non-hydrogen) atoms. The van der Waals surface area contributed by atoms with E-state index < -0.39 is 0 Å². The lowest BCUT2D eigenvalue weighted by molar-refractivity contribution is -0.904. The fourth-order valence-electron chi connectivity index (χ4n) is 2.07. The fraction of sp³-hybridized carbons (Fsp3) is 0.467. The summed E-state index contributed by atoms with van der Waals surface area (Å²) in [5, 5.41) is 5.43. The molecule has 0 heterocycles. The molecule has 6 nitrogen and oxygen atoms in total. The van der Waals surface area contributed by atoms with Crippen molar-refractivity contribution in [2.75, 3.05) is 32.6 Å². The molecule has 0 fully saturated rings. The average molecular weight is 294 g/mol. The van der Waals surface area contributed by atoms with Gasteiger partial charge >= 0.3 is 0 Å². The Morgan fingerprint density at radius 3 is 2.38 bits per heavy atom. The highest BCUT2D eigenvalue weighted by Gasteiger charge is 2.24. The van der Waals surface area contributed by atoms with Crippen molar-refractivity contribution in [2.45, 2.75) is 19.9 Å². The first-order valence-electron chi connectivity index (χ1n) is 7.01. The molecule has 1 aromatic carbocycles. The van der Waals surface area contributed by atoms with E-state index in [1.165, 1.54) is 0 Å². The van der Waals surface area contributed by atoms with Gasteiger partial charge in [-0.2, -0.15) is 0 Å². The lowest BCUT2D eigenvalue weighted by atomic mass is 10.2. The highest BCUT2D eigenvalue weighted by atomic mass is 16.5. The van der Waals surface area contributed by atoms with Crippen LogP contribution < -0.4 is 20.3 Å².